The second kappa shape index (κ2) is 9.51. The van der Waals surface area contributed by atoms with Crippen molar-refractivity contribution in [2.24, 2.45) is 5.92 Å². The third-order valence-electron chi connectivity index (χ3n) is 3.22. The predicted molar refractivity (Wildman–Crippen MR) is 85.6 cm³/mol. The zero-order valence-corrected chi connectivity index (χ0v) is 13.9. The van der Waals surface area contributed by atoms with E-state index in [1.807, 2.05) is 0 Å². The Balaban J connectivity index is 2.54. The van der Waals surface area contributed by atoms with Crippen LogP contribution in [0.1, 0.15) is 32.3 Å². The summed E-state index contributed by atoms with van der Waals surface area (Å²) >= 11 is 3.48. The maximum absolute atomic E-state index is 5.24. The molecule has 0 saturated carbocycles. The Labute approximate surface area is 126 Å². The van der Waals surface area contributed by atoms with Gasteiger partial charge in [-0.25, -0.2) is 0 Å². The summed E-state index contributed by atoms with van der Waals surface area (Å²) in [5, 5.41) is 3.65. The van der Waals surface area contributed by atoms with Crippen molar-refractivity contribution in [2.75, 3.05) is 20.3 Å². The van der Waals surface area contributed by atoms with Gasteiger partial charge in [0.2, 0.25) is 0 Å². The molecule has 1 N–H and O–H groups in total. The highest BCUT2D eigenvalue weighted by Crippen LogP contribution is 2.15. The van der Waals surface area contributed by atoms with Gasteiger partial charge < -0.3 is 10.1 Å². The summed E-state index contributed by atoms with van der Waals surface area (Å²) in [4.78, 5) is 0. The van der Waals surface area contributed by atoms with Gasteiger partial charge in [-0.1, -0.05) is 41.9 Å². The van der Waals surface area contributed by atoms with Crippen molar-refractivity contribution in [3.8, 4) is 0 Å². The second-order valence-corrected chi connectivity index (χ2v) is 6.19. The summed E-state index contributed by atoms with van der Waals surface area (Å²) in [5.41, 5.74) is 1.39. The van der Waals surface area contributed by atoms with Gasteiger partial charge >= 0.3 is 0 Å². The lowest BCUT2D eigenvalue weighted by atomic mass is 9.96. The number of hydrogen-bond donors (Lipinski definition) is 1. The molecule has 0 aliphatic carbocycles. The van der Waals surface area contributed by atoms with Crippen LogP contribution < -0.4 is 5.32 Å². The first-order valence-corrected chi connectivity index (χ1v) is 7.91. The average Bonchev–Trinajstić information content (AvgIpc) is 2.39. The Hall–Kier alpha value is -0.380. The van der Waals surface area contributed by atoms with E-state index in [1.54, 1.807) is 7.11 Å². The highest BCUT2D eigenvalue weighted by atomic mass is 79.9. The highest BCUT2D eigenvalue weighted by Gasteiger charge is 2.13. The van der Waals surface area contributed by atoms with Gasteiger partial charge in [0.15, 0.2) is 0 Å². The summed E-state index contributed by atoms with van der Waals surface area (Å²) in [7, 11) is 1.78. The minimum Gasteiger partial charge on any atom is -0.384 e. The summed E-state index contributed by atoms with van der Waals surface area (Å²) < 4.78 is 6.38. The van der Waals surface area contributed by atoms with Crippen LogP contribution in [0.15, 0.2) is 28.7 Å². The van der Waals surface area contributed by atoms with E-state index in [2.05, 4.69) is 59.4 Å². The van der Waals surface area contributed by atoms with E-state index in [9.17, 15) is 0 Å². The molecule has 0 aliphatic heterocycles. The van der Waals surface area contributed by atoms with Crippen molar-refractivity contribution in [3.63, 3.8) is 0 Å². The molecular weight excluding hydrogens is 302 g/mol. The summed E-state index contributed by atoms with van der Waals surface area (Å²) in [6.07, 6.45) is 3.42. The van der Waals surface area contributed by atoms with Crippen LogP contribution in [-0.2, 0) is 11.2 Å². The van der Waals surface area contributed by atoms with Crippen LogP contribution in [0.25, 0.3) is 0 Å². The van der Waals surface area contributed by atoms with Gasteiger partial charge in [-0.3, -0.25) is 0 Å². The summed E-state index contributed by atoms with van der Waals surface area (Å²) in [6, 6.07) is 9.17. The van der Waals surface area contributed by atoms with Gasteiger partial charge in [-0.2, -0.15) is 0 Å². The highest BCUT2D eigenvalue weighted by molar-refractivity contribution is 9.10. The van der Waals surface area contributed by atoms with Crippen molar-refractivity contribution in [1.82, 2.24) is 5.32 Å². The summed E-state index contributed by atoms with van der Waals surface area (Å²) in [6.45, 7) is 6.39. The van der Waals surface area contributed by atoms with Gasteiger partial charge in [-0.05, 0) is 49.4 Å². The molecule has 1 aromatic rings. The first kappa shape index (κ1) is 16.7. The van der Waals surface area contributed by atoms with Crippen molar-refractivity contribution < 1.29 is 4.74 Å². The molecule has 0 saturated heterocycles. The first-order valence-electron chi connectivity index (χ1n) is 7.12. The lowest BCUT2D eigenvalue weighted by molar-refractivity contribution is 0.149. The van der Waals surface area contributed by atoms with Crippen LogP contribution in [0.3, 0.4) is 0 Å². The van der Waals surface area contributed by atoms with Gasteiger partial charge in [0, 0.05) is 24.2 Å². The minimum atomic E-state index is 0.534. The van der Waals surface area contributed by atoms with Crippen molar-refractivity contribution in [1.29, 1.82) is 0 Å². The van der Waals surface area contributed by atoms with Crippen LogP contribution >= 0.6 is 15.9 Å². The number of methoxy groups -OCH3 is 1. The van der Waals surface area contributed by atoms with Crippen LogP contribution in [-0.4, -0.2) is 26.3 Å². The van der Waals surface area contributed by atoms with E-state index in [1.165, 1.54) is 12.0 Å². The zero-order valence-electron chi connectivity index (χ0n) is 12.3. The molecule has 108 valence electrons. The quantitative estimate of drug-likeness (QED) is 0.739. The largest absolute Gasteiger partial charge is 0.384 e. The Kier molecular flexibility index (Phi) is 8.35. The molecule has 2 atom stereocenters. The second-order valence-electron chi connectivity index (χ2n) is 5.28. The Bertz CT molecular complexity index is 339. The van der Waals surface area contributed by atoms with E-state index in [0.717, 1.165) is 30.5 Å². The standard InChI is InChI=1S/C16H26BrNO/c1-4-9-18-16(10-13(2)12-19-3)11-14-5-7-15(17)8-6-14/h5-8,13,16,18H,4,9-12H2,1-3H3. The molecule has 0 spiro atoms. The lowest BCUT2D eigenvalue weighted by Crippen LogP contribution is -2.34. The number of benzene rings is 1. The summed E-state index contributed by atoms with van der Waals surface area (Å²) in [5.74, 6) is 0.592. The lowest BCUT2D eigenvalue weighted by Gasteiger charge is -2.22. The topological polar surface area (TPSA) is 21.3 Å². The smallest absolute Gasteiger partial charge is 0.0488 e. The maximum atomic E-state index is 5.24. The Morgan fingerprint density at radius 1 is 1.26 bits per heavy atom. The molecular formula is C16H26BrNO. The van der Waals surface area contributed by atoms with Gasteiger partial charge in [-0.15, -0.1) is 0 Å². The van der Waals surface area contributed by atoms with Crippen LogP contribution in [0.4, 0.5) is 0 Å². The molecule has 19 heavy (non-hydrogen) atoms. The SMILES string of the molecule is CCCNC(Cc1ccc(Br)cc1)CC(C)COC. The molecule has 0 heterocycles. The zero-order chi connectivity index (χ0) is 14.1. The van der Waals surface area contributed by atoms with E-state index in [0.29, 0.717) is 12.0 Å². The average molecular weight is 328 g/mol. The molecule has 2 nitrogen and oxygen atoms in total. The molecule has 3 heteroatoms. The van der Waals surface area contributed by atoms with E-state index in [4.69, 9.17) is 4.74 Å². The van der Waals surface area contributed by atoms with Crippen molar-refractivity contribution in [2.45, 2.75) is 39.2 Å². The predicted octanol–water partition coefficient (Wildman–Crippen LogP) is 4.03. The molecule has 0 aliphatic rings. The van der Waals surface area contributed by atoms with Gasteiger partial charge in [0.05, 0.1) is 0 Å². The molecule has 0 bridgehead atoms. The van der Waals surface area contributed by atoms with Crippen LogP contribution in [0.5, 0.6) is 0 Å². The first-order chi connectivity index (χ1) is 9.15. The van der Waals surface area contributed by atoms with Crippen LogP contribution in [0.2, 0.25) is 0 Å². The molecule has 0 fully saturated rings. The van der Waals surface area contributed by atoms with Gasteiger partial charge in [0.25, 0.3) is 0 Å². The molecule has 0 amide bonds. The Morgan fingerprint density at radius 2 is 1.95 bits per heavy atom. The molecule has 2 unspecified atom stereocenters. The molecule has 1 rings (SSSR count). The monoisotopic (exact) mass is 327 g/mol. The number of nitrogens with one attached hydrogen (secondary N) is 1. The minimum absolute atomic E-state index is 0.534. The fourth-order valence-corrected chi connectivity index (χ4v) is 2.59. The third kappa shape index (κ3) is 7.09. The van der Waals surface area contributed by atoms with Gasteiger partial charge in [0.1, 0.15) is 0 Å². The van der Waals surface area contributed by atoms with Crippen LogP contribution in [0, 0.1) is 5.92 Å². The number of ether oxygens (including phenoxy) is 1. The maximum Gasteiger partial charge on any atom is 0.0488 e. The molecule has 1 aromatic carbocycles. The van der Waals surface area contributed by atoms with E-state index in [-0.39, 0.29) is 0 Å². The molecule has 0 aromatic heterocycles. The normalized spacial score (nSPS) is 14.3. The number of hydrogen-bond acceptors (Lipinski definition) is 2. The Morgan fingerprint density at radius 3 is 2.53 bits per heavy atom. The third-order valence-corrected chi connectivity index (χ3v) is 3.75. The fourth-order valence-electron chi connectivity index (χ4n) is 2.33. The van der Waals surface area contributed by atoms with Crippen molar-refractivity contribution >= 4 is 15.9 Å². The van der Waals surface area contributed by atoms with Crippen molar-refractivity contribution in [3.05, 3.63) is 34.3 Å². The number of rotatable bonds is 9. The fraction of sp³-hybridized carbons (Fsp3) is 0.625. The molecule has 0 radical (unpaired) electrons. The van der Waals surface area contributed by atoms with E-state index >= 15 is 0 Å². The number of halogens is 1. The van der Waals surface area contributed by atoms with E-state index < -0.39 is 0 Å².